The Morgan fingerprint density at radius 1 is 0.510 bits per heavy atom. The predicted molar refractivity (Wildman–Crippen MR) is 206 cm³/mol. The van der Waals surface area contributed by atoms with Crippen molar-refractivity contribution in [1.82, 2.24) is 15.0 Å². The lowest BCUT2D eigenvalue weighted by Gasteiger charge is -2.32. The summed E-state index contributed by atoms with van der Waals surface area (Å²) in [5.41, 5.74) is 11.0. The summed E-state index contributed by atoms with van der Waals surface area (Å²) in [6.07, 6.45) is 7.65. The molecule has 3 aliphatic rings. The largest absolute Gasteiger partial charge is 0.489 e. The molecule has 6 aromatic carbocycles. The third-order valence-electron chi connectivity index (χ3n) is 11.2. The molecule has 0 radical (unpaired) electrons. The van der Waals surface area contributed by atoms with Gasteiger partial charge in [-0.25, -0.2) is 15.0 Å². The van der Waals surface area contributed by atoms with E-state index in [9.17, 15) is 0 Å². The molecule has 1 fully saturated rings. The maximum atomic E-state index is 6.73. The summed E-state index contributed by atoms with van der Waals surface area (Å²) < 4.78 is 6.73. The molecule has 0 amide bonds. The van der Waals surface area contributed by atoms with E-state index in [-0.39, 0.29) is 12.0 Å². The Bertz CT molecular complexity index is 2470. The van der Waals surface area contributed by atoms with Gasteiger partial charge in [0.05, 0.1) is 5.92 Å². The Labute approximate surface area is 298 Å². The molecule has 2 aliphatic carbocycles. The summed E-state index contributed by atoms with van der Waals surface area (Å²) >= 11 is 0. The van der Waals surface area contributed by atoms with Gasteiger partial charge < -0.3 is 4.74 Å². The van der Waals surface area contributed by atoms with Gasteiger partial charge in [-0.1, -0.05) is 140 Å². The van der Waals surface area contributed by atoms with Crippen molar-refractivity contribution in [3.8, 4) is 39.7 Å². The number of rotatable bonds is 5. The molecule has 4 heteroatoms. The number of ether oxygens (including phenoxy) is 1. The van der Waals surface area contributed by atoms with E-state index in [0.29, 0.717) is 17.6 Å². The van der Waals surface area contributed by atoms with Gasteiger partial charge in [-0.2, -0.15) is 0 Å². The van der Waals surface area contributed by atoms with E-state index in [4.69, 9.17) is 19.7 Å². The van der Waals surface area contributed by atoms with Gasteiger partial charge in [0.25, 0.3) is 0 Å². The van der Waals surface area contributed by atoms with Crippen LogP contribution in [0.2, 0.25) is 0 Å². The van der Waals surface area contributed by atoms with Crippen LogP contribution >= 0.6 is 0 Å². The van der Waals surface area contributed by atoms with Gasteiger partial charge in [0, 0.05) is 22.6 Å². The average molecular weight is 660 g/mol. The fourth-order valence-electron chi connectivity index (χ4n) is 8.75. The van der Waals surface area contributed by atoms with Crippen LogP contribution in [0.4, 0.5) is 0 Å². The maximum absolute atomic E-state index is 6.73. The number of aromatic nitrogens is 3. The Morgan fingerprint density at radius 3 is 2.06 bits per heavy atom. The Hall–Kier alpha value is -5.87. The molecule has 7 aromatic rings. The van der Waals surface area contributed by atoms with Gasteiger partial charge in [0.1, 0.15) is 17.7 Å². The third-order valence-corrected chi connectivity index (χ3v) is 11.2. The molecule has 3 atom stereocenters. The second-order valence-corrected chi connectivity index (χ2v) is 14.1. The SMILES string of the molecule is C1=C(c2ccc(-c3nc(-c4ccccc4-c4ccccc4)nc(C4CCCC5c6ccccc6OC45)n3)c3ccccc23)CCc2ccccc21. The second kappa shape index (κ2) is 12.5. The van der Waals surface area contributed by atoms with Gasteiger partial charge in [-0.3, -0.25) is 0 Å². The minimum absolute atomic E-state index is 0.00357. The molecule has 0 bridgehead atoms. The van der Waals surface area contributed by atoms with E-state index in [1.807, 2.05) is 0 Å². The minimum atomic E-state index is 0.00357. The molecule has 51 heavy (non-hydrogen) atoms. The topological polar surface area (TPSA) is 47.9 Å². The number of allylic oxidation sites excluding steroid dienone is 1. The standard InChI is InChI=1S/C47H37N3O/c1-2-14-31(15-3-1)34-17-6-9-21-40(34)45-48-46(50-47(49-45)42-23-12-22-39-38-20-10-11-24-43(38)51-44(39)42)41-28-27-35(36-18-7-8-19-37(36)41)33-26-25-30-13-4-5-16-32(30)29-33/h1-11,13-21,24,27-29,39,42,44H,12,22-23,25-26H2. The zero-order valence-electron chi connectivity index (χ0n) is 28.4. The molecule has 1 aromatic heterocycles. The molecule has 0 spiro atoms. The number of fused-ring (bicyclic) bond motifs is 5. The fraction of sp³-hybridized carbons (Fsp3) is 0.170. The number of para-hydroxylation sites is 1. The Balaban J connectivity index is 1.15. The first kappa shape index (κ1) is 30.0. The Morgan fingerprint density at radius 2 is 1.18 bits per heavy atom. The smallest absolute Gasteiger partial charge is 0.164 e. The lowest BCUT2D eigenvalue weighted by atomic mass is 9.76. The average Bonchev–Trinajstić information content (AvgIpc) is 3.59. The van der Waals surface area contributed by atoms with Crippen LogP contribution in [0.15, 0.2) is 140 Å². The van der Waals surface area contributed by atoms with Crippen molar-refractivity contribution in [2.24, 2.45) is 0 Å². The number of benzene rings is 6. The lowest BCUT2D eigenvalue weighted by Crippen LogP contribution is -2.32. The van der Waals surface area contributed by atoms with Crippen molar-refractivity contribution in [3.05, 3.63) is 168 Å². The first-order valence-electron chi connectivity index (χ1n) is 18.3. The van der Waals surface area contributed by atoms with Gasteiger partial charge in [-0.15, -0.1) is 0 Å². The van der Waals surface area contributed by atoms with Gasteiger partial charge in [-0.05, 0) is 82.0 Å². The number of aryl methyl sites for hydroxylation is 1. The van der Waals surface area contributed by atoms with Crippen LogP contribution in [0.3, 0.4) is 0 Å². The van der Waals surface area contributed by atoms with Crippen molar-refractivity contribution in [1.29, 1.82) is 0 Å². The molecule has 246 valence electrons. The third kappa shape index (κ3) is 5.25. The zero-order valence-corrected chi connectivity index (χ0v) is 28.4. The molecule has 10 rings (SSSR count). The molecule has 1 saturated carbocycles. The molecular formula is C47H37N3O. The van der Waals surface area contributed by atoms with Crippen LogP contribution in [0.25, 0.3) is 56.3 Å². The Kier molecular flexibility index (Phi) is 7.34. The van der Waals surface area contributed by atoms with E-state index in [0.717, 1.165) is 71.3 Å². The highest BCUT2D eigenvalue weighted by Gasteiger charge is 2.44. The van der Waals surface area contributed by atoms with Crippen molar-refractivity contribution in [3.63, 3.8) is 0 Å². The number of hydrogen-bond donors (Lipinski definition) is 0. The van der Waals surface area contributed by atoms with Crippen LogP contribution in [0.1, 0.15) is 65.6 Å². The molecular weight excluding hydrogens is 623 g/mol. The molecule has 1 aliphatic heterocycles. The first-order valence-corrected chi connectivity index (χ1v) is 18.3. The minimum Gasteiger partial charge on any atom is -0.489 e. The first-order chi connectivity index (χ1) is 25.3. The van der Waals surface area contributed by atoms with Crippen molar-refractivity contribution in [2.45, 2.75) is 50.0 Å². The van der Waals surface area contributed by atoms with E-state index < -0.39 is 0 Å². The summed E-state index contributed by atoms with van der Waals surface area (Å²) in [4.78, 5) is 16.1. The highest BCUT2D eigenvalue weighted by atomic mass is 16.5. The quantitative estimate of drug-likeness (QED) is 0.184. The second-order valence-electron chi connectivity index (χ2n) is 14.1. The highest BCUT2D eigenvalue weighted by molar-refractivity contribution is 6.04. The van der Waals surface area contributed by atoms with E-state index in [1.54, 1.807) is 0 Å². The van der Waals surface area contributed by atoms with E-state index in [2.05, 4.69) is 146 Å². The summed E-state index contributed by atoms with van der Waals surface area (Å²) in [6.45, 7) is 0. The molecule has 0 saturated heterocycles. The monoisotopic (exact) mass is 659 g/mol. The summed E-state index contributed by atoms with van der Waals surface area (Å²) in [7, 11) is 0. The number of hydrogen-bond acceptors (Lipinski definition) is 4. The molecule has 2 heterocycles. The highest BCUT2D eigenvalue weighted by Crippen LogP contribution is 2.50. The van der Waals surface area contributed by atoms with Crippen LogP contribution in [0, 0.1) is 0 Å². The van der Waals surface area contributed by atoms with E-state index >= 15 is 0 Å². The van der Waals surface area contributed by atoms with Gasteiger partial charge in [0.15, 0.2) is 11.6 Å². The van der Waals surface area contributed by atoms with Crippen LogP contribution in [-0.2, 0) is 6.42 Å². The zero-order chi connectivity index (χ0) is 33.7. The van der Waals surface area contributed by atoms with Crippen LogP contribution < -0.4 is 4.74 Å². The van der Waals surface area contributed by atoms with Gasteiger partial charge >= 0.3 is 0 Å². The summed E-state index contributed by atoms with van der Waals surface area (Å²) in [5, 5.41) is 2.38. The van der Waals surface area contributed by atoms with Gasteiger partial charge in [0.2, 0.25) is 0 Å². The van der Waals surface area contributed by atoms with Crippen molar-refractivity contribution in [2.75, 3.05) is 0 Å². The number of nitrogens with zero attached hydrogens (tertiary/aromatic N) is 3. The molecule has 4 nitrogen and oxygen atoms in total. The summed E-state index contributed by atoms with van der Waals surface area (Å²) in [6, 6.07) is 49.6. The predicted octanol–water partition coefficient (Wildman–Crippen LogP) is 11.3. The van der Waals surface area contributed by atoms with E-state index in [1.165, 1.54) is 33.2 Å². The van der Waals surface area contributed by atoms with Crippen LogP contribution in [0.5, 0.6) is 5.75 Å². The maximum Gasteiger partial charge on any atom is 0.164 e. The summed E-state index contributed by atoms with van der Waals surface area (Å²) in [5.74, 6) is 3.63. The van der Waals surface area contributed by atoms with Crippen LogP contribution in [-0.4, -0.2) is 21.1 Å². The molecule has 3 unspecified atom stereocenters. The fourth-order valence-corrected chi connectivity index (χ4v) is 8.75. The lowest BCUT2D eigenvalue weighted by molar-refractivity contribution is 0.134. The van der Waals surface area contributed by atoms with Crippen molar-refractivity contribution >= 4 is 22.4 Å². The normalized spacial score (nSPS) is 19.1. The molecule has 0 N–H and O–H groups in total. The van der Waals surface area contributed by atoms with Crippen molar-refractivity contribution < 1.29 is 4.74 Å².